The molecule has 4 nitrogen and oxygen atoms in total. The molecule has 2 rings (SSSR count). The summed E-state index contributed by atoms with van der Waals surface area (Å²) < 4.78 is 4.56. The lowest BCUT2D eigenvalue weighted by Crippen LogP contribution is -2.46. The zero-order valence-electron chi connectivity index (χ0n) is 9.57. The molecule has 2 atom stereocenters. The van der Waals surface area contributed by atoms with Crippen molar-refractivity contribution in [2.24, 2.45) is 10.9 Å². The zero-order valence-corrected chi connectivity index (χ0v) is 10.4. The lowest BCUT2D eigenvalue weighted by atomic mass is 9.86. The molecule has 1 heterocycles. The average Bonchev–Trinajstić information content (AvgIpc) is 2.35. The number of hydrogen-bond acceptors (Lipinski definition) is 4. The van der Waals surface area contributed by atoms with Crippen molar-refractivity contribution in [2.75, 3.05) is 19.4 Å². The first kappa shape index (κ1) is 11.8. The molecule has 16 heavy (non-hydrogen) atoms. The fourth-order valence-corrected chi connectivity index (χ4v) is 3.44. The Bertz CT molecular complexity index is 294. The van der Waals surface area contributed by atoms with Crippen LogP contribution in [0.5, 0.6) is 0 Å². The van der Waals surface area contributed by atoms with Crippen LogP contribution in [0.1, 0.15) is 25.7 Å². The fourth-order valence-electron chi connectivity index (χ4n) is 2.28. The Morgan fingerprint density at radius 2 is 2.38 bits per heavy atom. The minimum Gasteiger partial charge on any atom is -0.468 e. The average molecular weight is 242 g/mol. The van der Waals surface area contributed by atoms with Crippen LogP contribution in [0.3, 0.4) is 0 Å². The third-order valence-electron chi connectivity index (χ3n) is 3.23. The number of amidine groups is 1. The van der Waals surface area contributed by atoms with Crippen molar-refractivity contribution in [1.82, 2.24) is 5.32 Å². The molecule has 1 saturated heterocycles. The van der Waals surface area contributed by atoms with E-state index in [-0.39, 0.29) is 12.5 Å². The Balaban J connectivity index is 1.87. The molecule has 5 heteroatoms. The van der Waals surface area contributed by atoms with Gasteiger partial charge >= 0.3 is 5.97 Å². The predicted molar refractivity (Wildman–Crippen MR) is 65.7 cm³/mol. The third kappa shape index (κ3) is 2.90. The molecule has 0 aromatic carbocycles. The molecular weight excluding hydrogens is 224 g/mol. The van der Waals surface area contributed by atoms with E-state index in [2.05, 4.69) is 15.0 Å². The van der Waals surface area contributed by atoms with Gasteiger partial charge in [0.2, 0.25) is 0 Å². The number of methoxy groups -OCH3 is 1. The molecular formula is C11H18N2O2S. The van der Waals surface area contributed by atoms with Gasteiger partial charge in [0.05, 0.1) is 7.11 Å². The van der Waals surface area contributed by atoms with Gasteiger partial charge in [0, 0.05) is 11.8 Å². The first-order valence-electron chi connectivity index (χ1n) is 5.80. The van der Waals surface area contributed by atoms with Crippen LogP contribution in [0, 0.1) is 5.92 Å². The lowest BCUT2D eigenvalue weighted by molar-refractivity contribution is -0.138. The molecule has 0 amide bonds. The number of nitrogens with one attached hydrogen (secondary N) is 1. The highest BCUT2D eigenvalue weighted by molar-refractivity contribution is 8.13. The summed E-state index contributed by atoms with van der Waals surface area (Å²) in [4.78, 5) is 15.2. The van der Waals surface area contributed by atoms with Crippen molar-refractivity contribution in [3.05, 3.63) is 0 Å². The van der Waals surface area contributed by atoms with E-state index in [4.69, 9.17) is 0 Å². The topological polar surface area (TPSA) is 50.7 Å². The molecule has 0 radical (unpaired) electrons. The van der Waals surface area contributed by atoms with Crippen LogP contribution < -0.4 is 5.32 Å². The number of esters is 1. The van der Waals surface area contributed by atoms with Crippen LogP contribution >= 0.6 is 11.8 Å². The van der Waals surface area contributed by atoms with E-state index in [1.54, 1.807) is 11.8 Å². The largest absolute Gasteiger partial charge is 0.468 e. The van der Waals surface area contributed by atoms with Crippen LogP contribution in [0.4, 0.5) is 0 Å². The maximum absolute atomic E-state index is 11.0. The Labute approximate surface area is 100 Å². The minimum absolute atomic E-state index is 0.128. The fraction of sp³-hybridized carbons (Fsp3) is 0.818. The molecule has 1 aliphatic carbocycles. The second kappa shape index (κ2) is 5.57. The van der Waals surface area contributed by atoms with Gasteiger partial charge in [-0.3, -0.25) is 9.79 Å². The summed E-state index contributed by atoms with van der Waals surface area (Å²) in [6, 6.07) is 0.575. The van der Waals surface area contributed by atoms with Gasteiger partial charge in [-0.05, 0) is 18.8 Å². The predicted octanol–water partition coefficient (Wildman–Crippen LogP) is 1.41. The summed E-state index contributed by atoms with van der Waals surface area (Å²) in [5.74, 6) is 1.65. The van der Waals surface area contributed by atoms with Crippen molar-refractivity contribution in [2.45, 2.75) is 31.7 Å². The molecule has 1 aliphatic heterocycles. The van der Waals surface area contributed by atoms with Crippen LogP contribution in [-0.2, 0) is 9.53 Å². The van der Waals surface area contributed by atoms with E-state index in [9.17, 15) is 4.79 Å². The van der Waals surface area contributed by atoms with Crippen molar-refractivity contribution < 1.29 is 9.53 Å². The molecule has 2 unspecified atom stereocenters. The Hall–Kier alpha value is -0.710. The molecule has 90 valence electrons. The Kier molecular flexibility index (Phi) is 4.09. The highest BCUT2D eigenvalue weighted by Gasteiger charge is 2.30. The van der Waals surface area contributed by atoms with Gasteiger partial charge in [-0.25, -0.2) is 0 Å². The van der Waals surface area contributed by atoms with E-state index in [1.165, 1.54) is 32.8 Å². The monoisotopic (exact) mass is 242 g/mol. The van der Waals surface area contributed by atoms with Crippen LogP contribution in [0.25, 0.3) is 0 Å². The summed E-state index contributed by atoms with van der Waals surface area (Å²) in [6.07, 6.45) is 5.23. The normalized spacial score (nSPS) is 31.7. The number of rotatable bonds is 2. The molecule has 0 bridgehead atoms. The number of nitrogens with zero attached hydrogens (tertiary/aromatic N) is 1. The van der Waals surface area contributed by atoms with E-state index in [0.717, 1.165) is 16.8 Å². The maximum atomic E-state index is 11.0. The second-order valence-corrected chi connectivity index (χ2v) is 5.31. The van der Waals surface area contributed by atoms with Gasteiger partial charge in [-0.15, -0.1) is 0 Å². The van der Waals surface area contributed by atoms with E-state index in [1.807, 2.05) is 0 Å². The lowest BCUT2D eigenvalue weighted by Gasteiger charge is -2.36. The van der Waals surface area contributed by atoms with Gasteiger partial charge in [0.15, 0.2) is 5.17 Å². The van der Waals surface area contributed by atoms with E-state index >= 15 is 0 Å². The van der Waals surface area contributed by atoms with Gasteiger partial charge in [0.1, 0.15) is 6.54 Å². The van der Waals surface area contributed by atoms with Gasteiger partial charge < -0.3 is 10.1 Å². The Morgan fingerprint density at radius 1 is 1.56 bits per heavy atom. The number of carbonyl (C=O) groups excluding carboxylic acids is 1. The van der Waals surface area contributed by atoms with Crippen molar-refractivity contribution >= 4 is 22.9 Å². The standard InChI is InChI=1S/C11H18N2O2S/c1-15-10(14)6-12-11-13-9-5-3-2-4-8(9)7-16-11/h8-9H,2-7H2,1H3,(H,12,13). The Morgan fingerprint density at radius 3 is 3.19 bits per heavy atom. The zero-order chi connectivity index (χ0) is 11.4. The number of aliphatic imine (C=N–C) groups is 1. The maximum Gasteiger partial charge on any atom is 0.327 e. The minimum atomic E-state index is -0.277. The molecule has 0 aromatic rings. The summed E-state index contributed by atoms with van der Waals surface area (Å²) >= 11 is 1.73. The molecule has 0 aromatic heterocycles. The summed E-state index contributed by atoms with van der Waals surface area (Å²) in [6.45, 7) is 0.128. The number of hydrogen-bond donors (Lipinski definition) is 1. The first-order valence-corrected chi connectivity index (χ1v) is 6.79. The number of thioether (sulfide) groups is 1. The highest BCUT2D eigenvalue weighted by atomic mass is 32.2. The second-order valence-electron chi connectivity index (χ2n) is 4.30. The van der Waals surface area contributed by atoms with Crippen LogP contribution in [-0.4, -0.2) is 36.6 Å². The third-order valence-corrected chi connectivity index (χ3v) is 4.35. The van der Waals surface area contributed by atoms with Gasteiger partial charge in [0.25, 0.3) is 0 Å². The smallest absolute Gasteiger partial charge is 0.327 e. The highest BCUT2D eigenvalue weighted by Crippen LogP contribution is 2.31. The molecule has 0 spiro atoms. The summed E-state index contributed by atoms with van der Waals surface area (Å²) in [5.41, 5.74) is 0. The number of ether oxygens (including phenoxy) is 1. The SMILES string of the molecule is COC(=O)CN=C1NC2CCCCC2CS1. The summed E-state index contributed by atoms with van der Waals surface area (Å²) in [5, 5.41) is 4.35. The molecule has 1 saturated carbocycles. The van der Waals surface area contributed by atoms with E-state index < -0.39 is 0 Å². The number of carbonyl (C=O) groups is 1. The summed E-state index contributed by atoms with van der Waals surface area (Å²) in [7, 11) is 1.39. The first-order chi connectivity index (χ1) is 7.79. The van der Waals surface area contributed by atoms with Crippen LogP contribution in [0.15, 0.2) is 4.99 Å². The van der Waals surface area contributed by atoms with Crippen LogP contribution in [0.2, 0.25) is 0 Å². The van der Waals surface area contributed by atoms with Crippen molar-refractivity contribution in [3.8, 4) is 0 Å². The van der Waals surface area contributed by atoms with Crippen molar-refractivity contribution in [1.29, 1.82) is 0 Å². The van der Waals surface area contributed by atoms with E-state index in [0.29, 0.717) is 6.04 Å². The van der Waals surface area contributed by atoms with Gasteiger partial charge in [-0.2, -0.15) is 0 Å². The molecule has 2 fully saturated rings. The van der Waals surface area contributed by atoms with Crippen molar-refractivity contribution in [3.63, 3.8) is 0 Å². The molecule has 1 N–H and O–H groups in total. The quantitative estimate of drug-likeness (QED) is 0.744. The van der Waals surface area contributed by atoms with Gasteiger partial charge in [-0.1, -0.05) is 24.6 Å². The number of fused-ring (bicyclic) bond motifs is 1. The molecule has 2 aliphatic rings.